The third kappa shape index (κ3) is 4.14. The summed E-state index contributed by atoms with van der Waals surface area (Å²) in [4.78, 5) is 0. The maximum absolute atomic E-state index is 13.3. The van der Waals surface area contributed by atoms with Crippen molar-refractivity contribution in [1.29, 1.82) is 0 Å². The molecule has 0 aromatic carbocycles. The quantitative estimate of drug-likeness (QED) is 0.377. The lowest BCUT2D eigenvalue weighted by Gasteiger charge is -2.39. The monoisotopic (exact) mass is 420 g/mol. The van der Waals surface area contributed by atoms with E-state index in [9.17, 15) is 57.1 Å². The molecule has 1 nitrogen and oxygen atoms in total. The van der Waals surface area contributed by atoms with Gasteiger partial charge in [-0.2, -0.15) is 57.1 Å². The van der Waals surface area contributed by atoms with Crippen LogP contribution in [0.5, 0.6) is 0 Å². The highest BCUT2D eigenvalue weighted by Crippen LogP contribution is 2.60. The van der Waals surface area contributed by atoms with Crippen LogP contribution in [-0.2, 0) is 0 Å². The van der Waals surface area contributed by atoms with E-state index < -0.39 is 61.2 Å². The number of halogens is 13. The van der Waals surface area contributed by atoms with Crippen molar-refractivity contribution >= 4 is 0 Å². The highest BCUT2D eigenvalue weighted by Gasteiger charge is 2.90. The lowest BCUT2D eigenvalue weighted by atomic mass is 9.91. The van der Waals surface area contributed by atoms with Crippen LogP contribution in [0, 0.1) is 0 Å². The molecule has 0 saturated carbocycles. The van der Waals surface area contributed by atoms with Crippen molar-refractivity contribution < 1.29 is 62.2 Å². The summed E-state index contributed by atoms with van der Waals surface area (Å²) in [5.41, 5.74) is 0. The van der Waals surface area contributed by atoms with Crippen LogP contribution < -0.4 is 0 Å². The number of aliphatic hydroxyl groups is 1. The zero-order chi connectivity index (χ0) is 21.4. The van der Waals surface area contributed by atoms with Crippen molar-refractivity contribution in [2.24, 2.45) is 0 Å². The van der Waals surface area contributed by atoms with Crippen LogP contribution in [0.2, 0.25) is 0 Å². The van der Waals surface area contributed by atoms with Crippen LogP contribution in [0.3, 0.4) is 0 Å². The summed E-state index contributed by atoms with van der Waals surface area (Å²) in [6.45, 7) is 1.15. The Morgan fingerprint density at radius 1 is 0.615 bits per heavy atom. The van der Waals surface area contributed by atoms with Crippen molar-refractivity contribution in [1.82, 2.24) is 0 Å². The predicted octanol–water partition coefficient (Wildman–Crippen LogP) is 5.67. The number of aliphatic hydroxyl groups excluding tert-OH is 1. The first-order chi connectivity index (χ1) is 11.2. The first-order valence-corrected chi connectivity index (χ1v) is 6.80. The van der Waals surface area contributed by atoms with Gasteiger partial charge < -0.3 is 5.11 Å². The standard InChI is InChI=1S/C12H13F13O/c1-6(26)4-2-3-5-7(13,14)8(15,16)9(17,18)10(19,20)11(21,22)12(23,24)25/h6,26H,2-5H2,1H3. The van der Waals surface area contributed by atoms with E-state index in [1.165, 1.54) is 0 Å². The van der Waals surface area contributed by atoms with Gasteiger partial charge in [-0.25, -0.2) is 0 Å². The number of alkyl halides is 13. The molecule has 0 amide bonds. The lowest BCUT2D eigenvalue weighted by Crippen LogP contribution is -2.70. The Kier molecular flexibility index (Phi) is 6.96. The molecule has 0 saturated heterocycles. The molecule has 0 heterocycles. The minimum atomic E-state index is -7.86. The van der Waals surface area contributed by atoms with E-state index >= 15 is 0 Å². The molecule has 0 bridgehead atoms. The van der Waals surface area contributed by atoms with E-state index in [1.807, 2.05) is 0 Å². The van der Waals surface area contributed by atoms with E-state index in [4.69, 9.17) is 5.11 Å². The summed E-state index contributed by atoms with van der Waals surface area (Å²) >= 11 is 0. The zero-order valence-electron chi connectivity index (χ0n) is 12.8. The molecule has 0 aromatic rings. The Labute approximate surface area is 138 Å². The number of hydrogen-bond donors (Lipinski definition) is 1. The van der Waals surface area contributed by atoms with E-state index in [0.29, 0.717) is 0 Å². The molecular formula is C12H13F13O. The van der Waals surface area contributed by atoms with E-state index in [1.54, 1.807) is 0 Å². The Morgan fingerprint density at radius 3 is 1.35 bits per heavy atom. The van der Waals surface area contributed by atoms with Gasteiger partial charge >= 0.3 is 35.8 Å². The molecule has 1 unspecified atom stereocenters. The van der Waals surface area contributed by atoms with Crippen LogP contribution in [0.15, 0.2) is 0 Å². The Balaban J connectivity index is 5.71. The highest BCUT2D eigenvalue weighted by atomic mass is 19.4. The molecule has 14 heteroatoms. The van der Waals surface area contributed by atoms with Crippen molar-refractivity contribution in [2.45, 2.75) is 74.5 Å². The van der Waals surface area contributed by atoms with Crippen molar-refractivity contribution in [3.05, 3.63) is 0 Å². The van der Waals surface area contributed by atoms with Crippen molar-refractivity contribution in [2.75, 3.05) is 0 Å². The molecule has 0 aromatic heterocycles. The third-order valence-electron chi connectivity index (χ3n) is 3.36. The summed E-state index contributed by atoms with van der Waals surface area (Å²) in [7, 11) is 0. The van der Waals surface area contributed by atoms with Gasteiger partial charge in [0, 0.05) is 6.42 Å². The predicted molar refractivity (Wildman–Crippen MR) is 60.9 cm³/mol. The van der Waals surface area contributed by atoms with Gasteiger partial charge in [0.05, 0.1) is 6.10 Å². The average Bonchev–Trinajstić information content (AvgIpc) is 2.41. The zero-order valence-corrected chi connectivity index (χ0v) is 12.8. The smallest absolute Gasteiger partial charge is 0.393 e. The van der Waals surface area contributed by atoms with E-state index in [2.05, 4.69) is 0 Å². The average molecular weight is 420 g/mol. The van der Waals surface area contributed by atoms with Gasteiger partial charge in [0.15, 0.2) is 0 Å². The lowest BCUT2D eigenvalue weighted by molar-refractivity contribution is -0.440. The largest absolute Gasteiger partial charge is 0.460 e. The van der Waals surface area contributed by atoms with Gasteiger partial charge in [0.25, 0.3) is 0 Å². The summed E-state index contributed by atoms with van der Waals surface area (Å²) in [6.07, 6.45) is -12.5. The second-order valence-electron chi connectivity index (χ2n) is 5.59. The Hall–Kier alpha value is -0.950. The minimum absolute atomic E-state index is 0.264. The van der Waals surface area contributed by atoms with Gasteiger partial charge in [0.2, 0.25) is 0 Å². The third-order valence-corrected chi connectivity index (χ3v) is 3.36. The first-order valence-electron chi connectivity index (χ1n) is 6.80. The molecule has 0 aliphatic heterocycles. The fourth-order valence-electron chi connectivity index (χ4n) is 1.75. The van der Waals surface area contributed by atoms with Crippen molar-refractivity contribution in [3.8, 4) is 0 Å². The molecule has 0 aliphatic carbocycles. The van der Waals surface area contributed by atoms with Gasteiger partial charge in [-0.3, -0.25) is 0 Å². The van der Waals surface area contributed by atoms with Gasteiger partial charge in [0.1, 0.15) is 0 Å². The van der Waals surface area contributed by atoms with Crippen LogP contribution >= 0.6 is 0 Å². The maximum Gasteiger partial charge on any atom is 0.460 e. The fraction of sp³-hybridized carbons (Fsp3) is 1.00. The molecule has 26 heavy (non-hydrogen) atoms. The van der Waals surface area contributed by atoms with Gasteiger partial charge in [-0.15, -0.1) is 0 Å². The molecule has 0 aliphatic rings. The van der Waals surface area contributed by atoms with Crippen LogP contribution in [0.25, 0.3) is 0 Å². The molecular weight excluding hydrogens is 407 g/mol. The number of unbranched alkanes of at least 4 members (excludes halogenated alkanes) is 1. The van der Waals surface area contributed by atoms with Crippen LogP contribution in [0.1, 0.15) is 32.6 Å². The highest BCUT2D eigenvalue weighted by molar-refractivity contribution is 5.10. The molecule has 1 N–H and O–H groups in total. The van der Waals surface area contributed by atoms with Crippen molar-refractivity contribution in [3.63, 3.8) is 0 Å². The summed E-state index contributed by atoms with van der Waals surface area (Å²) in [5.74, 6) is -36.5. The topological polar surface area (TPSA) is 20.2 Å². The Morgan fingerprint density at radius 2 is 1.00 bits per heavy atom. The second-order valence-corrected chi connectivity index (χ2v) is 5.59. The first kappa shape index (κ1) is 25.1. The van der Waals surface area contributed by atoms with Gasteiger partial charge in [-0.05, 0) is 19.8 Å². The van der Waals surface area contributed by atoms with Crippen LogP contribution in [0.4, 0.5) is 57.1 Å². The van der Waals surface area contributed by atoms with E-state index in [-0.39, 0.29) is 6.42 Å². The SMILES string of the molecule is CC(O)CCCCC(F)(F)C(F)(F)C(F)(F)C(F)(F)C(F)(F)C(F)(F)F. The fourth-order valence-corrected chi connectivity index (χ4v) is 1.75. The summed E-state index contributed by atoms with van der Waals surface area (Å²) < 4.78 is 166. The molecule has 0 radical (unpaired) electrons. The molecule has 0 spiro atoms. The molecule has 158 valence electrons. The molecule has 0 fully saturated rings. The summed E-state index contributed by atoms with van der Waals surface area (Å²) in [6, 6.07) is 0. The van der Waals surface area contributed by atoms with Gasteiger partial charge in [-0.1, -0.05) is 6.42 Å². The normalized spacial score (nSPS) is 16.7. The molecule has 1 atom stereocenters. The number of hydrogen-bond acceptors (Lipinski definition) is 1. The minimum Gasteiger partial charge on any atom is -0.393 e. The maximum atomic E-state index is 13.3. The van der Waals surface area contributed by atoms with E-state index in [0.717, 1.165) is 6.92 Å². The Bertz CT molecular complexity index is 466. The molecule has 0 rings (SSSR count). The number of rotatable bonds is 9. The van der Waals surface area contributed by atoms with Crippen LogP contribution in [-0.4, -0.2) is 47.0 Å². The summed E-state index contributed by atoms with van der Waals surface area (Å²) in [5, 5.41) is 8.80. The second kappa shape index (κ2) is 7.23.